The van der Waals surface area contributed by atoms with E-state index in [4.69, 9.17) is 9.47 Å². The highest BCUT2D eigenvalue weighted by atomic mass is 16.7. The number of pyridine rings is 1. The summed E-state index contributed by atoms with van der Waals surface area (Å²) in [5, 5.41) is 52.9. The second-order valence-corrected chi connectivity index (χ2v) is 15.6. The summed E-state index contributed by atoms with van der Waals surface area (Å²) in [6, 6.07) is 14.7. The fraction of sp³-hybridized carbons (Fsp3) is 0.317. The molecule has 15 rings (SSSR count). The number of hydrogen-bond donors (Lipinski definition) is 3. The van der Waals surface area contributed by atoms with Crippen LogP contribution in [0.4, 0.5) is 0 Å². The molecule has 1 aromatic heterocycles. The molecule has 3 aliphatic carbocycles. The van der Waals surface area contributed by atoms with Gasteiger partial charge in [0.25, 0.3) is 0 Å². The molecule has 4 atom stereocenters. The van der Waals surface area contributed by atoms with E-state index in [0.717, 1.165) is 25.7 Å². The lowest BCUT2D eigenvalue weighted by atomic mass is 9.74. The van der Waals surface area contributed by atoms with E-state index in [-0.39, 0.29) is 6.61 Å². The molecule has 6 heteroatoms. The van der Waals surface area contributed by atoms with Crippen molar-refractivity contribution >= 4 is 86.4 Å². The van der Waals surface area contributed by atoms with E-state index in [1.165, 1.54) is 120 Å². The third-order valence-electron chi connectivity index (χ3n) is 13.6. The van der Waals surface area contributed by atoms with Gasteiger partial charge in [0.05, 0.1) is 24.2 Å². The number of hydrogen-bond acceptors (Lipinski definition) is 5. The van der Waals surface area contributed by atoms with Crippen molar-refractivity contribution in [3.8, 4) is 0 Å². The van der Waals surface area contributed by atoms with E-state index in [2.05, 4.69) is 41.0 Å². The number of aromatic nitrogens is 1. The van der Waals surface area contributed by atoms with Gasteiger partial charge in [-0.05, 0) is 119 Å². The van der Waals surface area contributed by atoms with Gasteiger partial charge in [0.15, 0.2) is 5.79 Å². The number of benzene rings is 7. The molecule has 3 aliphatic heterocycles. The number of aliphatic hydroxyl groups excluding tert-OH is 2. The first-order chi connectivity index (χ1) is 22.9. The van der Waals surface area contributed by atoms with Gasteiger partial charge in [-0.25, -0.2) is 0 Å². The van der Waals surface area contributed by atoms with Gasteiger partial charge in [-0.1, -0.05) is 36.4 Å². The van der Waals surface area contributed by atoms with Crippen LogP contribution in [0.3, 0.4) is 0 Å². The van der Waals surface area contributed by atoms with Gasteiger partial charge >= 0.3 is 0 Å². The van der Waals surface area contributed by atoms with E-state index in [1.807, 2.05) is 0 Å². The maximum Gasteiger partial charge on any atom is 0.197 e. The number of aliphatic hydroxyl groups is 3. The second kappa shape index (κ2) is 7.05. The molecule has 0 amide bonds. The third-order valence-corrected chi connectivity index (χ3v) is 13.6. The molecule has 228 valence electrons. The Morgan fingerprint density at radius 1 is 0.638 bits per heavy atom. The Kier molecular flexibility index (Phi) is 3.62. The van der Waals surface area contributed by atoms with Crippen LogP contribution in [-0.4, -0.2) is 56.7 Å². The average molecular weight is 616 g/mol. The van der Waals surface area contributed by atoms with Gasteiger partial charge < -0.3 is 29.4 Å². The van der Waals surface area contributed by atoms with E-state index < -0.39 is 23.6 Å². The van der Waals surface area contributed by atoms with Gasteiger partial charge in [-0.3, -0.25) is 0 Å². The van der Waals surface area contributed by atoms with Crippen molar-refractivity contribution in [2.24, 2.45) is 0 Å². The molecule has 1 saturated carbocycles. The van der Waals surface area contributed by atoms with Crippen LogP contribution >= 0.6 is 0 Å². The van der Waals surface area contributed by atoms with Crippen LogP contribution in [0.2, 0.25) is 0 Å². The van der Waals surface area contributed by atoms with Crippen LogP contribution in [0.1, 0.15) is 46.2 Å². The standard InChI is InChI=1S/C41H29NO5/c43-38-39(44)41(6-5-40(38,45)15-47-41)46-8-7-42-36-18-3-4-19-12-23-14-21-10-17-2-1-16-9-20-13-22(11-18)28-26(20)30-24(16)25(17)31-27(21)29(23)35(37(19)42)33(32(30)31)34(28)36/h1-2,9-12,38-39,43-45H,3-8,13-15H2/t38-,39-,40?,41?/m0/s1. The molecule has 9 aromatic rings. The van der Waals surface area contributed by atoms with Crippen molar-refractivity contribution < 1.29 is 24.8 Å². The first-order valence-electron chi connectivity index (χ1n) is 17.3. The highest BCUT2D eigenvalue weighted by molar-refractivity contribution is 6.55. The highest BCUT2D eigenvalue weighted by Gasteiger charge is 2.61. The molecule has 47 heavy (non-hydrogen) atoms. The monoisotopic (exact) mass is 615 g/mol. The normalized spacial score (nSPS) is 27.6. The van der Waals surface area contributed by atoms with Crippen molar-refractivity contribution in [2.75, 3.05) is 13.2 Å². The molecule has 2 unspecified atom stereocenters. The smallest absolute Gasteiger partial charge is 0.197 e. The molecule has 0 spiro atoms. The molecular weight excluding hydrogens is 586 g/mol. The largest absolute Gasteiger partial charge is 0.387 e. The molecule has 3 N–H and O–H groups in total. The lowest BCUT2D eigenvalue weighted by Gasteiger charge is -2.55. The summed E-state index contributed by atoms with van der Waals surface area (Å²) in [7, 11) is 0. The van der Waals surface area contributed by atoms with E-state index >= 15 is 0 Å². The molecule has 6 nitrogen and oxygen atoms in total. The van der Waals surface area contributed by atoms with Gasteiger partial charge in [0, 0.05) is 34.5 Å². The molecule has 4 heterocycles. The summed E-state index contributed by atoms with van der Waals surface area (Å²) in [4.78, 5) is 0. The minimum atomic E-state index is -1.41. The summed E-state index contributed by atoms with van der Waals surface area (Å²) < 4.78 is 15.0. The predicted octanol–water partition coefficient (Wildman–Crippen LogP) is 6.36. The molecule has 3 fully saturated rings. The molecule has 0 radical (unpaired) electrons. The van der Waals surface area contributed by atoms with E-state index in [0.29, 0.717) is 26.0 Å². The summed E-state index contributed by atoms with van der Waals surface area (Å²) in [6.07, 6.45) is 2.10. The van der Waals surface area contributed by atoms with Crippen molar-refractivity contribution in [2.45, 2.75) is 68.7 Å². The Labute approximate surface area is 267 Å². The number of fused-ring (bicyclic) bond motifs is 3. The number of aryl methyl sites for hydroxylation is 2. The van der Waals surface area contributed by atoms with Crippen LogP contribution in [-0.2, 0) is 41.7 Å². The summed E-state index contributed by atoms with van der Waals surface area (Å²) in [5.41, 5.74) is 9.97. The number of nitrogens with zero attached hydrogens (tertiary/aromatic N) is 1. The lowest BCUT2D eigenvalue weighted by Crippen LogP contribution is -2.72. The maximum absolute atomic E-state index is 11.0. The molecule has 8 aromatic carbocycles. The third kappa shape index (κ3) is 2.29. The van der Waals surface area contributed by atoms with Gasteiger partial charge in [-0.2, -0.15) is 0 Å². The fourth-order valence-electron chi connectivity index (χ4n) is 11.8. The fourth-order valence-corrected chi connectivity index (χ4v) is 11.8. The van der Waals surface area contributed by atoms with Crippen molar-refractivity contribution in [1.29, 1.82) is 0 Å². The zero-order valence-corrected chi connectivity index (χ0v) is 25.6. The zero-order valence-electron chi connectivity index (χ0n) is 25.6. The first kappa shape index (κ1) is 24.2. The molecule has 2 saturated heterocycles. The minimum absolute atomic E-state index is 0.0312. The average Bonchev–Trinajstić information content (AvgIpc) is 3.72. The van der Waals surface area contributed by atoms with Crippen molar-refractivity contribution in [1.82, 2.24) is 4.57 Å². The molecule has 4 bridgehead atoms. The molecular formula is C41H29NO5. The Hall–Kier alpha value is -4.04. The van der Waals surface area contributed by atoms with Crippen LogP contribution in [0.15, 0.2) is 36.4 Å². The Balaban J connectivity index is 1.13. The highest BCUT2D eigenvalue weighted by Crippen LogP contribution is 2.61. The topological polar surface area (TPSA) is 84.1 Å². The van der Waals surface area contributed by atoms with Crippen molar-refractivity contribution in [3.05, 3.63) is 69.8 Å². The molecule has 6 aliphatic rings. The van der Waals surface area contributed by atoms with Crippen LogP contribution in [0.25, 0.3) is 86.4 Å². The predicted molar refractivity (Wildman–Crippen MR) is 183 cm³/mol. The van der Waals surface area contributed by atoms with E-state index in [9.17, 15) is 15.3 Å². The van der Waals surface area contributed by atoms with Crippen LogP contribution in [0.5, 0.6) is 0 Å². The SMILES string of the molecule is O[C@H]1[C@H](O)C2(OCCn3c4c5cc6c7c8c(cc9ccc%10cc%11c%12c%13c(cc(c3c%13c(c3c8c9c%10c%123)c74)CC5)C%11)C6)CCC1(O)CO2. The van der Waals surface area contributed by atoms with Gasteiger partial charge in [0.1, 0.15) is 17.8 Å². The first-order valence-corrected chi connectivity index (χ1v) is 17.3. The van der Waals surface area contributed by atoms with Gasteiger partial charge in [-0.15, -0.1) is 0 Å². The van der Waals surface area contributed by atoms with Crippen LogP contribution in [0, 0.1) is 0 Å². The lowest BCUT2D eigenvalue weighted by molar-refractivity contribution is -0.390. The summed E-state index contributed by atoms with van der Waals surface area (Å²) >= 11 is 0. The number of ether oxygens (including phenoxy) is 2. The quantitative estimate of drug-likeness (QED) is 0.159. The van der Waals surface area contributed by atoms with Gasteiger partial charge in [0.2, 0.25) is 0 Å². The zero-order chi connectivity index (χ0) is 30.5. The Bertz CT molecular complexity index is 2770. The summed E-state index contributed by atoms with van der Waals surface area (Å²) in [5.74, 6) is -1.30. The van der Waals surface area contributed by atoms with Crippen molar-refractivity contribution in [3.63, 3.8) is 0 Å². The summed E-state index contributed by atoms with van der Waals surface area (Å²) in [6.45, 7) is 0.906. The minimum Gasteiger partial charge on any atom is -0.387 e. The van der Waals surface area contributed by atoms with E-state index in [1.54, 1.807) is 0 Å². The second-order valence-electron chi connectivity index (χ2n) is 15.6. The Morgan fingerprint density at radius 2 is 1.17 bits per heavy atom. The maximum atomic E-state index is 11.0. The number of rotatable bonds is 4. The van der Waals surface area contributed by atoms with Crippen LogP contribution < -0.4 is 0 Å². The Morgan fingerprint density at radius 3 is 1.74 bits per heavy atom.